The van der Waals surface area contributed by atoms with Gasteiger partial charge in [-0.3, -0.25) is 4.90 Å². The topological polar surface area (TPSA) is 38.5 Å². The van der Waals surface area contributed by atoms with Crippen LogP contribution in [-0.2, 0) is 0 Å². The molecule has 0 radical (unpaired) electrons. The Morgan fingerprint density at radius 1 is 1.42 bits per heavy atom. The van der Waals surface area contributed by atoms with Crippen LogP contribution >= 0.6 is 11.8 Å². The molecule has 1 aromatic rings. The van der Waals surface area contributed by atoms with Gasteiger partial charge in [0.25, 0.3) is 0 Å². The number of methoxy groups -OCH3 is 1. The summed E-state index contributed by atoms with van der Waals surface area (Å²) in [5.74, 6) is 2.04. The molecule has 0 aliphatic heterocycles. The number of hydrogen-bond donors (Lipinski definition) is 1. The van der Waals surface area contributed by atoms with E-state index in [2.05, 4.69) is 44.2 Å². The summed E-state index contributed by atoms with van der Waals surface area (Å²) < 4.78 is 5.31. The van der Waals surface area contributed by atoms with Crippen molar-refractivity contribution in [2.45, 2.75) is 25.9 Å². The van der Waals surface area contributed by atoms with Crippen LogP contribution in [0.2, 0.25) is 0 Å². The fourth-order valence-corrected chi connectivity index (χ4v) is 3.03. The van der Waals surface area contributed by atoms with E-state index in [9.17, 15) is 0 Å². The lowest BCUT2D eigenvalue weighted by Crippen LogP contribution is -2.38. The Balaban J connectivity index is 2.93. The highest BCUT2D eigenvalue weighted by atomic mass is 32.2. The van der Waals surface area contributed by atoms with Gasteiger partial charge in [0.1, 0.15) is 5.75 Å². The summed E-state index contributed by atoms with van der Waals surface area (Å²) in [6, 6.07) is 7.09. The summed E-state index contributed by atoms with van der Waals surface area (Å²) in [4.78, 5) is 2.36. The molecule has 0 aromatic heterocycles. The molecule has 2 unspecified atom stereocenters. The Kier molecular flexibility index (Phi) is 6.69. The lowest BCUT2D eigenvalue weighted by Gasteiger charge is -2.32. The minimum Gasteiger partial charge on any atom is -0.496 e. The second-order valence-corrected chi connectivity index (χ2v) is 5.86. The van der Waals surface area contributed by atoms with Crippen molar-refractivity contribution in [1.29, 1.82) is 0 Å². The Labute approximate surface area is 121 Å². The van der Waals surface area contributed by atoms with Gasteiger partial charge in [0, 0.05) is 24.4 Å². The third-order valence-corrected chi connectivity index (χ3v) is 4.44. The second-order valence-electron chi connectivity index (χ2n) is 4.95. The number of hydrogen-bond acceptors (Lipinski definition) is 4. The van der Waals surface area contributed by atoms with Crippen LogP contribution in [0.15, 0.2) is 18.2 Å². The lowest BCUT2D eigenvalue weighted by atomic mass is 10.0. The van der Waals surface area contributed by atoms with Crippen LogP contribution in [-0.4, -0.2) is 43.7 Å². The number of thioether (sulfide) groups is 1. The molecule has 0 amide bonds. The fourth-order valence-electron chi connectivity index (χ4n) is 2.31. The van der Waals surface area contributed by atoms with Crippen molar-refractivity contribution in [1.82, 2.24) is 4.90 Å². The van der Waals surface area contributed by atoms with Crippen molar-refractivity contribution in [2.75, 3.05) is 32.7 Å². The van der Waals surface area contributed by atoms with Gasteiger partial charge in [-0.25, -0.2) is 0 Å². The average molecular weight is 282 g/mol. The van der Waals surface area contributed by atoms with Gasteiger partial charge in [0.05, 0.1) is 7.11 Å². The number of benzene rings is 1. The number of aryl methyl sites for hydroxylation is 1. The van der Waals surface area contributed by atoms with Crippen LogP contribution in [0.25, 0.3) is 0 Å². The quantitative estimate of drug-likeness (QED) is 0.834. The minimum absolute atomic E-state index is 0.256. The van der Waals surface area contributed by atoms with Crippen molar-refractivity contribution in [2.24, 2.45) is 5.73 Å². The molecule has 1 rings (SSSR count). The van der Waals surface area contributed by atoms with Gasteiger partial charge in [0.2, 0.25) is 0 Å². The molecule has 3 nitrogen and oxygen atoms in total. The predicted octanol–water partition coefficient (Wildman–Crippen LogP) is 2.69. The minimum atomic E-state index is 0.256. The van der Waals surface area contributed by atoms with E-state index in [0.29, 0.717) is 12.6 Å². The highest BCUT2D eigenvalue weighted by molar-refractivity contribution is 7.98. The zero-order chi connectivity index (χ0) is 14.4. The summed E-state index contributed by atoms with van der Waals surface area (Å²) in [7, 11) is 3.85. The maximum atomic E-state index is 5.98. The first kappa shape index (κ1) is 16.3. The molecule has 19 heavy (non-hydrogen) atoms. The van der Waals surface area contributed by atoms with E-state index in [1.807, 2.05) is 17.8 Å². The maximum Gasteiger partial charge on any atom is 0.121 e. The van der Waals surface area contributed by atoms with E-state index in [1.165, 1.54) is 5.56 Å². The maximum absolute atomic E-state index is 5.98. The van der Waals surface area contributed by atoms with Gasteiger partial charge in [0.15, 0.2) is 0 Å². The SMILES string of the molecule is COc1ccc(C(CN)N(C)C(C)CSC)cc1C. The fraction of sp³-hybridized carbons (Fsp3) is 0.600. The monoisotopic (exact) mass is 282 g/mol. The summed E-state index contributed by atoms with van der Waals surface area (Å²) >= 11 is 1.87. The Bertz CT molecular complexity index is 398. The summed E-state index contributed by atoms with van der Waals surface area (Å²) in [6.07, 6.45) is 2.14. The Morgan fingerprint density at radius 3 is 2.58 bits per heavy atom. The van der Waals surface area contributed by atoms with Crippen LogP contribution in [0.1, 0.15) is 24.1 Å². The predicted molar refractivity (Wildman–Crippen MR) is 85.1 cm³/mol. The van der Waals surface area contributed by atoms with Crippen LogP contribution in [0.5, 0.6) is 5.75 Å². The van der Waals surface area contributed by atoms with Crippen LogP contribution in [0.3, 0.4) is 0 Å². The van der Waals surface area contributed by atoms with Crippen LogP contribution in [0.4, 0.5) is 0 Å². The molecule has 0 aliphatic rings. The molecule has 0 aliphatic carbocycles. The number of ether oxygens (including phenoxy) is 1. The zero-order valence-corrected chi connectivity index (χ0v) is 13.5. The third kappa shape index (κ3) is 4.13. The molecular formula is C15H26N2OS. The van der Waals surface area contributed by atoms with Crippen molar-refractivity contribution in [3.63, 3.8) is 0 Å². The molecular weight excluding hydrogens is 256 g/mol. The van der Waals surface area contributed by atoms with Crippen molar-refractivity contribution < 1.29 is 4.74 Å². The third-order valence-electron chi connectivity index (χ3n) is 3.62. The highest BCUT2D eigenvalue weighted by Gasteiger charge is 2.20. The smallest absolute Gasteiger partial charge is 0.121 e. The van der Waals surface area contributed by atoms with Gasteiger partial charge >= 0.3 is 0 Å². The van der Waals surface area contributed by atoms with Crippen molar-refractivity contribution in [3.8, 4) is 5.75 Å². The van der Waals surface area contributed by atoms with E-state index in [4.69, 9.17) is 10.5 Å². The second kappa shape index (κ2) is 7.78. The van der Waals surface area contributed by atoms with Gasteiger partial charge in [-0.15, -0.1) is 0 Å². The first-order valence-corrected chi connectivity index (χ1v) is 8.00. The standard InChI is InChI=1S/C15H26N2OS/c1-11-8-13(6-7-15(11)18-4)14(9-16)17(3)12(2)10-19-5/h6-8,12,14H,9-10,16H2,1-5H3. The molecule has 0 spiro atoms. The van der Waals surface area contributed by atoms with E-state index < -0.39 is 0 Å². The molecule has 0 fully saturated rings. The van der Waals surface area contributed by atoms with E-state index in [0.717, 1.165) is 17.1 Å². The number of nitrogens with zero attached hydrogens (tertiary/aromatic N) is 1. The molecule has 1 aromatic carbocycles. The van der Waals surface area contributed by atoms with Crippen molar-refractivity contribution >= 4 is 11.8 Å². The highest BCUT2D eigenvalue weighted by Crippen LogP contribution is 2.26. The van der Waals surface area contributed by atoms with Crippen molar-refractivity contribution in [3.05, 3.63) is 29.3 Å². The summed E-state index contributed by atoms with van der Waals surface area (Å²) in [6.45, 7) is 4.94. The van der Waals surface area contributed by atoms with Gasteiger partial charge < -0.3 is 10.5 Å². The van der Waals surface area contributed by atoms with Gasteiger partial charge in [-0.2, -0.15) is 11.8 Å². The first-order valence-electron chi connectivity index (χ1n) is 6.60. The molecule has 4 heteroatoms. The lowest BCUT2D eigenvalue weighted by molar-refractivity contribution is 0.204. The zero-order valence-electron chi connectivity index (χ0n) is 12.6. The Hall–Kier alpha value is -0.710. The first-order chi connectivity index (χ1) is 9.04. The van der Waals surface area contributed by atoms with E-state index in [1.54, 1.807) is 7.11 Å². The largest absolute Gasteiger partial charge is 0.496 e. The van der Waals surface area contributed by atoms with Gasteiger partial charge in [-0.1, -0.05) is 12.1 Å². The molecule has 0 heterocycles. The molecule has 2 N–H and O–H groups in total. The normalized spacial score (nSPS) is 14.5. The summed E-state index contributed by atoms with van der Waals surface area (Å²) in [5, 5.41) is 0. The van der Waals surface area contributed by atoms with E-state index in [-0.39, 0.29) is 6.04 Å². The molecule has 0 bridgehead atoms. The van der Waals surface area contributed by atoms with Gasteiger partial charge in [-0.05, 0) is 44.3 Å². The van der Waals surface area contributed by atoms with E-state index >= 15 is 0 Å². The van der Waals surface area contributed by atoms with Crippen LogP contribution in [0, 0.1) is 6.92 Å². The molecule has 0 saturated carbocycles. The Morgan fingerprint density at radius 2 is 2.11 bits per heavy atom. The number of nitrogens with two attached hydrogens (primary N) is 1. The number of likely N-dealkylation sites (N-methyl/N-ethyl adjacent to an activating group) is 1. The molecule has 2 atom stereocenters. The summed E-state index contributed by atoms with van der Waals surface area (Å²) in [5.41, 5.74) is 8.40. The van der Waals surface area contributed by atoms with Crippen LogP contribution < -0.4 is 10.5 Å². The average Bonchev–Trinajstić information content (AvgIpc) is 2.40. The number of rotatable bonds is 7. The molecule has 0 saturated heterocycles. The molecule has 108 valence electrons.